The van der Waals surface area contributed by atoms with Gasteiger partial charge < -0.3 is 10.0 Å². The average Bonchev–Trinajstić information content (AvgIpc) is 2.38. The van der Waals surface area contributed by atoms with E-state index in [-0.39, 0.29) is 6.61 Å². The number of nitrogens with zero attached hydrogens (tertiary/aromatic N) is 3. The molecule has 1 aliphatic rings. The first-order valence-corrected chi connectivity index (χ1v) is 7.60. The number of aliphatic hydroxyl groups excluding tert-OH is 1. The Kier molecular flexibility index (Phi) is 4.45. The zero-order chi connectivity index (χ0) is 13.1. The Morgan fingerprint density at radius 3 is 2.94 bits per heavy atom. The smallest absolute Gasteiger partial charge is 0.131 e. The van der Waals surface area contributed by atoms with Gasteiger partial charge in [-0.3, -0.25) is 0 Å². The number of thioether (sulfide) groups is 1. The molecule has 0 saturated carbocycles. The lowest BCUT2D eigenvalue weighted by Gasteiger charge is -2.35. The summed E-state index contributed by atoms with van der Waals surface area (Å²) in [5, 5.41) is 9.52. The molecule has 2 heterocycles. The van der Waals surface area contributed by atoms with Crippen molar-refractivity contribution in [3.05, 3.63) is 17.7 Å². The number of hydrogen-bond donors (Lipinski definition) is 1. The van der Waals surface area contributed by atoms with Gasteiger partial charge in [-0.2, -0.15) is 11.8 Å². The van der Waals surface area contributed by atoms with Gasteiger partial charge in [0.2, 0.25) is 0 Å². The van der Waals surface area contributed by atoms with Crippen LogP contribution in [0.5, 0.6) is 0 Å². The fourth-order valence-corrected chi connectivity index (χ4v) is 3.16. The number of rotatable bonds is 3. The van der Waals surface area contributed by atoms with Crippen LogP contribution in [0.1, 0.15) is 38.2 Å². The van der Waals surface area contributed by atoms with Crippen molar-refractivity contribution in [1.29, 1.82) is 0 Å². The molecule has 4 nitrogen and oxygen atoms in total. The molecule has 1 saturated heterocycles. The SMILES string of the molecule is CC(C)c1ncc(N2CCSCC2C)c(CO)n1. The van der Waals surface area contributed by atoms with E-state index in [2.05, 4.69) is 35.6 Å². The van der Waals surface area contributed by atoms with Gasteiger partial charge >= 0.3 is 0 Å². The van der Waals surface area contributed by atoms with E-state index in [1.54, 1.807) is 0 Å². The molecule has 18 heavy (non-hydrogen) atoms. The lowest BCUT2D eigenvalue weighted by atomic mass is 10.2. The highest BCUT2D eigenvalue weighted by molar-refractivity contribution is 7.99. The van der Waals surface area contributed by atoms with Crippen molar-refractivity contribution in [3.63, 3.8) is 0 Å². The highest BCUT2D eigenvalue weighted by Gasteiger charge is 2.22. The third-order valence-electron chi connectivity index (χ3n) is 3.21. The van der Waals surface area contributed by atoms with E-state index in [9.17, 15) is 5.11 Å². The Morgan fingerprint density at radius 1 is 1.56 bits per heavy atom. The molecule has 100 valence electrons. The molecular formula is C13H21N3OS. The molecule has 2 rings (SSSR count). The van der Waals surface area contributed by atoms with Crippen LogP contribution in [0.2, 0.25) is 0 Å². The molecule has 1 aromatic heterocycles. The molecule has 1 unspecified atom stereocenters. The van der Waals surface area contributed by atoms with Gasteiger partial charge in [0, 0.05) is 30.0 Å². The number of aromatic nitrogens is 2. The molecule has 0 spiro atoms. The molecule has 1 fully saturated rings. The molecule has 0 amide bonds. The van der Waals surface area contributed by atoms with E-state index in [1.807, 2.05) is 18.0 Å². The molecular weight excluding hydrogens is 246 g/mol. The van der Waals surface area contributed by atoms with E-state index in [4.69, 9.17) is 0 Å². The average molecular weight is 267 g/mol. The van der Waals surface area contributed by atoms with Crippen LogP contribution < -0.4 is 4.90 Å². The summed E-state index contributed by atoms with van der Waals surface area (Å²) in [5.74, 6) is 3.35. The van der Waals surface area contributed by atoms with E-state index >= 15 is 0 Å². The summed E-state index contributed by atoms with van der Waals surface area (Å²) in [6, 6.07) is 0.475. The Labute approximate surface area is 113 Å². The van der Waals surface area contributed by atoms with E-state index in [1.165, 1.54) is 0 Å². The Balaban J connectivity index is 2.31. The molecule has 1 aromatic rings. The summed E-state index contributed by atoms with van der Waals surface area (Å²) in [7, 11) is 0. The summed E-state index contributed by atoms with van der Waals surface area (Å²) in [6.07, 6.45) is 1.88. The van der Waals surface area contributed by atoms with Crippen LogP contribution in [-0.2, 0) is 6.61 Å². The predicted octanol–water partition coefficient (Wildman–Crippen LogP) is 2.03. The van der Waals surface area contributed by atoms with Crippen molar-refractivity contribution in [2.45, 2.75) is 39.3 Å². The highest BCUT2D eigenvalue weighted by Crippen LogP contribution is 2.26. The second-order valence-corrected chi connectivity index (χ2v) is 6.14. The molecule has 5 heteroatoms. The maximum Gasteiger partial charge on any atom is 0.131 e. The zero-order valence-electron chi connectivity index (χ0n) is 11.3. The van der Waals surface area contributed by atoms with Gasteiger partial charge in [0.1, 0.15) is 5.82 Å². The largest absolute Gasteiger partial charge is 0.390 e. The molecule has 0 aliphatic carbocycles. The van der Waals surface area contributed by atoms with Crippen LogP contribution in [0.4, 0.5) is 5.69 Å². The predicted molar refractivity (Wildman–Crippen MR) is 76.2 cm³/mol. The van der Waals surface area contributed by atoms with Crippen LogP contribution in [0.3, 0.4) is 0 Å². The maximum absolute atomic E-state index is 9.52. The van der Waals surface area contributed by atoms with Crippen LogP contribution in [0, 0.1) is 0 Å². The van der Waals surface area contributed by atoms with Gasteiger partial charge in [-0.05, 0) is 6.92 Å². The van der Waals surface area contributed by atoms with Gasteiger partial charge in [0.15, 0.2) is 0 Å². The third kappa shape index (κ3) is 2.78. The van der Waals surface area contributed by atoms with Crippen LogP contribution in [0.15, 0.2) is 6.20 Å². The number of anilines is 1. The van der Waals surface area contributed by atoms with Gasteiger partial charge in [-0.1, -0.05) is 13.8 Å². The first-order valence-electron chi connectivity index (χ1n) is 6.44. The Morgan fingerprint density at radius 2 is 2.33 bits per heavy atom. The zero-order valence-corrected chi connectivity index (χ0v) is 12.1. The van der Waals surface area contributed by atoms with Crippen molar-refractivity contribution in [1.82, 2.24) is 9.97 Å². The topological polar surface area (TPSA) is 49.2 Å². The molecule has 1 aliphatic heterocycles. The Hall–Kier alpha value is -0.810. The van der Waals surface area contributed by atoms with E-state index in [0.717, 1.165) is 35.3 Å². The van der Waals surface area contributed by atoms with Gasteiger partial charge in [-0.15, -0.1) is 0 Å². The second kappa shape index (κ2) is 5.89. The quantitative estimate of drug-likeness (QED) is 0.908. The molecule has 0 radical (unpaired) electrons. The van der Waals surface area contributed by atoms with Gasteiger partial charge in [0.25, 0.3) is 0 Å². The summed E-state index contributed by atoms with van der Waals surface area (Å²) in [6.45, 7) is 7.33. The Bertz CT molecular complexity index is 411. The summed E-state index contributed by atoms with van der Waals surface area (Å²) < 4.78 is 0. The molecule has 1 N–H and O–H groups in total. The third-order valence-corrected chi connectivity index (χ3v) is 4.40. The normalized spacial score (nSPS) is 20.5. The monoisotopic (exact) mass is 267 g/mol. The van der Waals surface area contributed by atoms with Crippen LogP contribution in [-0.4, -0.2) is 39.2 Å². The fraction of sp³-hybridized carbons (Fsp3) is 0.692. The second-order valence-electron chi connectivity index (χ2n) is 4.99. The minimum absolute atomic E-state index is 0.0199. The molecule has 0 aromatic carbocycles. The van der Waals surface area contributed by atoms with Crippen LogP contribution >= 0.6 is 11.8 Å². The summed E-state index contributed by atoms with van der Waals surface area (Å²) in [5.41, 5.74) is 1.75. The summed E-state index contributed by atoms with van der Waals surface area (Å²) >= 11 is 1.98. The van der Waals surface area contributed by atoms with E-state index in [0.29, 0.717) is 12.0 Å². The lowest BCUT2D eigenvalue weighted by Crippen LogP contribution is -2.41. The molecule has 1 atom stereocenters. The van der Waals surface area contributed by atoms with Gasteiger partial charge in [-0.25, -0.2) is 9.97 Å². The van der Waals surface area contributed by atoms with Gasteiger partial charge in [0.05, 0.1) is 24.2 Å². The van der Waals surface area contributed by atoms with Crippen molar-refractivity contribution in [2.24, 2.45) is 0 Å². The fourth-order valence-electron chi connectivity index (χ4n) is 2.15. The van der Waals surface area contributed by atoms with Crippen molar-refractivity contribution < 1.29 is 5.11 Å². The molecule has 0 bridgehead atoms. The lowest BCUT2D eigenvalue weighted by molar-refractivity contribution is 0.276. The van der Waals surface area contributed by atoms with Crippen molar-refractivity contribution >= 4 is 17.4 Å². The first-order chi connectivity index (χ1) is 8.63. The van der Waals surface area contributed by atoms with E-state index < -0.39 is 0 Å². The minimum Gasteiger partial charge on any atom is -0.390 e. The maximum atomic E-state index is 9.52. The highest BCUT2D eigenvalue weighted by atomic mass is 32.2. The summed E-state index contributed by atoms with van der Waals surface area (Å²) in [4.78, 5) is 11.2. The first kappa shape index (κ1) is 13.6. The van der Waals surface area contributed by atoms with Crippen molar-refractivity contribution in [2.75, 3.05) is 23.0 Å². The number of hydrogen-bond acceptors (Lipinski definition) is 5. The van der Waals surface area contributed by atoms with Crippen molar-refractivity contribution in [3.8, 4) is 0 Å². The van der Waals surface area contributed by atoms with Crippen LogP contribution in [0.25, 0.3) is 0 Å². The number of aliphatic hydroxyl groups is 1. The standard InChI is InChI=1S/C13H21N3OS/c1-9(2)13-14-6-12(11(7-17)15-13)16-4-5-18-8-10(16)3/h6,9-10,17H,4-5,7-8H2,1-3H3. The minimum atomic E-state index is -0.0199.